The fourth-order valence-corrected chi connectivity index (χ4v) is 2.44. The Balaban J connectivity index is 0.00000243. The molecule has 9 heteroatoms. The predicted octanol–water partition coefficient (Wildman–Crippen LogP) is 3.63. The number of rotatable bonds is 4. The van der Waals surface area contributed by atoms with E-state index in [0.29, 0.717) is 23.4 Å². The van der Waals surface area contributed by atoms with E-state index in [1.54, 1.807) is 24.1 Å². The van der Waals surface area contributed by atoms with Crippen LogP contribution in [0.4, 0.5) is 19.0 Å². The van der Waals surface area contributed by atoms with Crippen LogP contribution >= 0.6 is 0 Å². The zero-order chi connectivity index (χ0) is 18.0. The molecule has 0 radical (unpaired) electrons. The number of aromatic amines is 1. The minimum Gasteiger partial charge on any atom is -0.359 e. The molecule has 0 amide bonds. The van der Waals surface area contributed by atoms with Gasteiger partial charge < -0.3 is 4.90 Å². The van der Waals surface area contributed by atoms with Crippen molar-refractivity contribution in [2.75, 3.05) is 18.5 Å². The Morgan fingerprint density at radius 2 is 2.12 bits per heavy atom. The van der Waals surface area contributed by atoms with Gasteiger partial charge in [-0.25, -0.2) is 9.97 Å². The van der Waals surface area contributed by atoms with Gasteiger partial charge in [0.2, 0.25) is 0 Å². The van der Waals surface area contributed by atoms with E-state index in [2.05, 4.69) is 20.2 Å². The number of nitrogens with zero attached hydrogens (tertiary/aromatic N) is 5. The van der Waals surface area contributed by atoms with E-state index in [9.17, 15) is 13.2 Å². The molecule has 6 nitrogen and oxygen atoms in total. The number of H-pyrrole nitrogens is 1. The molecule has 25 heavy (non-hydrogen) atoms. The molecule has 1 N–H and O–H groups in total. The van der Waals surface area contributed by atoms with Crippen molar-refractivity contribution < 1.29 is 14.6 Å². The number of aromatic nitrogens is 4. The van der Waals surface area contributed by atoms with Crippen molar-refractivity contribution in [3.8, 4) is 17.5 Å². The summed E-state index contributed by atoms with van der Waals surface area (Å²) in [5.74, 6) is 0.338. The van der Waals surface area contributed by atoms with Crippen LogP contribution in [0.5, 0.6) is 0 Å². The van der Waals surface area contributed by atoms with Gasteiger partial charge in [0.05, 0.1) is 23.7 Å². The van der Waals surface area contributed by atoms with E-state index in [1.165, 1.54) is 12.3 Å². The highest BCUT2D eigenvalue weighted by molar-refractivity contribution is 5.90. The second-order valence-corrected chi connectivity index (χ2v) is 5.37. The smallest absolute Gasteiger partial charge is 0.359 e. The molecular weight excluding hydrogens is 333 g/mol. The molecule has 3 rings (SSSR count). The summed E-state index contributed by atoms with van der Waals surface area (Å²) in [5, 5.41) is 15.7. The summed E-state index contributed by atoms with van der Waals surface area (Å²) in [6, 6.07) is 7.53. The first-order valence-electron chi connectivity index (χ1n) is 7.37. The van der Waals surface area contributed by atoms with Crippen LogP contribution in [0.15, 0.2) is 30.5 Å². The number of anilines is 1. The number of fused-ring (bicyclic) bond motifs is 1. The van der Waals surface area contributed by atoms with Crippen LogP contribution in [-0.2, 0) is 6.18 Å². The molecule has 0 saturated carbocycles. The van der Waals surface area contributed by atoms with Crippen molar-refractivity contribution in [3.63, 3.8) is 0 Å². The largest absolute Gasteiger partial charge is 0.418 e. The maximum absolute atomic E-state index is 13.4. The van der Waals surface area contributed by atoms with Crippen molar-refractivity contribution in [1.82, 2.24) is 20.2 Å². The topological polar surface area (TPSA) is 81.5 Å². The Hall–Kier alpha value is -3.15. The maximum Gasteiger partial charge on any atom is 0.418 e. The first kappa shape index (κ1) is 16.7. The van der Waals surface area contributed by atoms with Gasteiger partial charge >= 0.3 is 6.18 Å². The molecule has 0 aliphatic carbocycles. The molecule has 3 heterocycles. The highest BCUT2D eigenvalue weighted by Crippen LogP contribution is 2.38. The Kier molecular flexibility index (Phi) is 4.27. The highest BCUT2D eigenvalue weighted by Gasteiger charge is 2.36. The summed E-state index contributed by atoms with van der Waals surface area (Å²) >= 11 is 0. The van der Waals surface area contributed by atoms with Gasteiger partial charge in [-0.1, -0.05) is 0 Å². The van der Waals surface area contributed by atoms with E-state index in [0.717, 1.165) is 6.07 Å². The van der Waals surface area contributed by atoms with Gasteiger partial charge in [-0.15, -0.1) is 0 Å². The second kappa shape index (κ2) is 6.39. The molecule has 3 aromatic heterocycles. The van der Waals surface area contributed by atoms with Crippen molar-refractivity contribution in [1.29, 1.82) is 5.26 Å². The summed E-state index contributed by atoms with van der Waals surface area (Å²) in [6.45, 7) is 0.361. The lowest BCUT2D eigenvalue weighted by Crippen LogP contribution is -2.20. The van der Waals surface area contributed by atoms with Crippen LogP contribution in [0, 0.1) is 11.3 Å². The summed E-state index contributed by atoms with van der Waals surface area (Å²) in [5.41, 5.74) is -0.634. The molecule has 0 spiro atoms. The molecule has 0 saturated heterocycles. The third-order valence-electron chi connectivity index (χ3n) is 3.70. The monoisotopic (exact) mass is 348 g/mol. The van der Waals surface area contributed by atoms with Crippen LogP contribution in [0.1, 0.15) is 13.4 Å². The molecular formula is C16H15F3N6. The van der Waals surface area contributed by atoms with E-state index < -0.39 is 11.7 Å². The normalized spacial score (nSPS) is 11.5. The van der Waals surface area contributed by atoms with Crippen molar-refractivity contribution in [3.05, 3.63) is 36.0 Å². The molecule has 0 unspecified atom stereocenters. The van der Waals surface area contributed by atoms with Crippen LogP contribution in [0.2, 0.25) is 0 Å². The quantitative estimate of drug-likeness (QED) is 0.778. The van der Waals surface area contributed by atoms with Crippen LogP contribution < -0.4 is 4.90 Å². The molecule has 130 valence electrons. The summed E-state index contributed by atoms with van der Waals surface area (Å²) in [4.78, 5) is 9.83. The zero-order valence-corrected chi connectivity index (χ0v) is 13.2. The van der Waals surface area contributed by atoms with Crippen LogP contribution in [0.25, 0.3) is 22.4 Å². The van der Waals surface area contributed by atoms with Crippen LogP contribution in [-0.4, -0.2) is 33.8 Å². The number of alkyl halides is 3. The van der Waals surface area contributed by atoms with E-state index in [-0.39, 0.29) is 19.2 Å². The molecule has 0 aliphatic heterocycles. The van der Waals surface area contributed by atoms with E-state index >= 15 is 0 Å². The van der Waals surface area contributed by atoms with E-state index in [4.69, 9.17) is 5.26 Å². The average molecular weight is 348 g/mol. The second-order valence-electron chi connectivity index (χ2n) is 5.37. The molecule has 0 atom stereocenters. The number of nitriles is 1. The molecule has 0 fully saturated rings. The predicted molar refractivity (Wildman–Crippen MR) is 87.7 cm³/mol. The third kappa shape index (κ3) is 3.24. The van der Waals surface area contributed by atoms with Gasteiger partial charge in [0.15, 0.2) is 5.65 Å². The average Bonchev–Trinajstić information content (AvgIpc) is 3.02. The van der Waals surface area contributed by atoms with Gasteiger partial charge in [0, 0.05) is 26.6 Å². The van der Waals surface area contributed by atoms with Crippen LogP contribution in [0.3, 0.4) is 0 Å². The highest BCUT2D eigenvalue weighted by atomic mass is 19.4. The van der Waals surface area contributed by atoms with Gasteiger partial charge in [0.25, 0.3) is 0 Å². The summed E-state index contributed by atoms with van der Waals surface area (Å²) in [7, 11) is 1.67. The van der Waals surface area contributed by atoms with Crippen molar-refractivity contribution in [2.24, 2.45) is 0 Å². The number of nitrogens with one attached hydrogen (secondary N) is 1. The minimum atomic E-state index is -4.56. The lowest BCUT2D eigenvalue weighted by Gasteiger charge is -2.19. The zero-order valence-electron chi connectivity index (χ0n) is 13.2. The van der Waals surface area contributed by atoms with Gasteiger partial charge in [0.1, 0.15) is 11.5 Å². The lowest BCUT2D eigenvalue weighted by atomic mass is 10.1. The fourth-order valence-electron chi connectivity index (χ4n) is 2.44. The SMILES string of the molecule is CN(CCC#N)c1ccc(C(F)(F)F)c(-c2[nH]nc3ncccc23)n1.[HH]. The van der Waals surface area contributed by atoms with Crippen molar-refractivity contribution >= 4 is 16.9 Å². The Labute approximate surface area is 142 Å². The van der Waals surface area contributed by atoms with Gasteiger partial charge in [-0.2, -0.15) is 23.5 Å². The minimum absolute atomic E-state index is 0. The number of hydrogen-bond donors (Lipinski definition) is 1. The molecule has 3 aromatic rings. The Morgan fingerprint density at radius 3 is 2.84 bits per heavy atom. The first-order chi connectivity index (χ1) is 11.9. The molecule has 0 aromatic carbocycles. The van der Waals surface area contributed by atoms with Gasteiger partial charge in [-0.3, -0.25) is 5.10 Å². The first-order valence-corrected chi connectivity index (χ1v) is 7.37. The van der Waals surface area contributed by atoms with Crippen molar-refractivity contribution in [2.45, 2.75) is 12.6 Å². The van der Waals surface area contributed by atoms with E-state index in [1.807, 2.05) is 6.07 Å². The lowest BCUT2D eigenvalue weighted by molar-refractivity contribution is -0.137. The molecule has 0 bridgehead atoms. The third-order valence-corrected chi connectivity index (χ3v) is 3.70. The maximum atomic E-state index is 13.4. The summed E-state index contributed by atoms with van der Waals surface area (Å²) in [6.07, 6.45) is -2.81. The Morgan fingerprint density at radius 1 is 1.32 bits per heavy atom. The van der Waals surface area contributed by atoms with Gasteiger partial charge in [-0.05, 0) is 24.3 Å². The Bertz CT molecular complexity index is 947. The standard InChI is InChI=1S/C16H13F3N6.H2/c1-25(9-3-7-20)12-6-5-11(16(17,18)19)14(22-12)13-10-4-2-8-21-15(10)24-23-13;/h2,4-6,8H,3,9H2,1H3,(H,21,23,24);1H. The number of halogens is 3. The fraction of sp³-hybridized carbons (Fsp3) is 0.250. The number of pyridine rings is 2. The molecule has 0 aliphatic rings. The summed E-state index contributed by atoms with van der Waals surface area (Å²) < 4.78 is 40.3. The number of hydrogen-bond acceptors (Lipinski definition) is 5.